The van der Waals surface area contributed by atoms with Gasteiger partial charge in [-0.05, 0) is 31.5 Å². The van der Waals surface area contributed by atoms with Crippen molar-refractivity contribution in [2.45, 2.75) is 25.1 Å². The molecule has 1 aromatic rings. The van der Waals surface area contributed by atoms with E-state index in [0.717, 1.165) is 11.3 Å². The Morgan fingerprint density at radius 3 is 2.95 bits per heavy atom. The number of carbonyl (C=O) groups is 2. The molecular formula is C15H19ClN2O2S. The van der Waals surface area contributed by atoms with Crippen LogP contribution in [0.5, 0.6) is 0 Å². The minimum Gasteiger partial charge on any atom is -0.352 e. The zero-order valence-corrected chi connectivity index (χ0v) is 13.8. The van der Waals surface area contributed by atoms with Crippen LogP contribution in [0, 0.1) is 0 Å². The molecule has 1 heterocycles. The van der Waals surface area contributed by atoms with Crippen molar-refractivity contribution in [3.63, 3.8) is 0 Å². The SMILES string of the molecule is CC1(C)C(=O)NCCN1C(=O)CSCc1cccc(Cl)c1. The molecule has 2 amide bonds. The van der Waals surface area contributed by atoms with E-state index in [4.69, 9.17) is 11.6 Å². The number of halogens is 1. The summed E-state index contributed by atoms with van der Waals surface area (Å²) >= 11 is 7.47. The van der Waals surface area contributed by atoms with E-state index in [2.05, 4.69) is 5.32 Å². The number of rotatable bonds is 4. The fourth-order valence-corrected chi connectivity index (χ4v) is 3.36. The summed E-state index contributed by atoms with van der Waals surface area (Å²) in [5, 5.41) is 3.49. The monoisotopic (exact) mass is 326 g/mol. The molecule has 1 fully saturated rings. The molecule has 114 valence electrons. The fraction of sp³-hybridized carbons (Fsp3) is 0.467. The Balaban J connectivity index is 1.88. The van der Waals surface area contributed by atoms with E-state index in [9.17, 15) is 9.59 Å². The van der Waals surface area contributed by atoms with Gasteiger partial charge < -0.3 is 10.2 Å². The number of benzene rings is 1. The highest BCUT2D eigenvalue weighted by atomic mass is 35.5. The second-order valence-electron chi connectivity index (χ2n) is 5.48. The normalized spacial score (nSPS) is 17.5. The van der Waals surface area contributed by atoms with Crippen molar-refractivity contribution in [3.8, 4) is 0 Å². The first kappa shape index (κ1) is 16.2. The van der Waals surface area contributed by atoms with Crippen molar-refractivity contribution in [1.29, 1.82) is 0 Å². The first-order valence-corrected chi connectivity index (χ1v) is 8.35. The number of nitrogens with one attached hydrogen (secondary N) is 1. The van der Waals surface area contributed by atoms with E-state index in [1.165, 1.54) is 11.8 Å². The topological polar surface area (TPSA) is 49.4 Å². The molecule has 2 rings (SSSR count). The molecule has 0 aliphatic carbocycles. The summed E-state index contributed by atoms with van der Waals surface area (Å²) in [7, 11) is 0. The number of thioether (sulfide) groups is 1. The average molecular weight is 327 g/mol. The van der Waals surface area contributed by atoms with Gasteiger partial charge in [-0.1, -0.05) is 23.7 Å². The predicted molar refractivity (Wildman–Crippen MR) is 86.4 cm³/mol. The number of nitrogens with zero attached hydrogens (tertiary/aromatic N) is 1. The Hall–Kier alpha value is -1.20. The highest BCUT2D eigenvalue weighted by Crippen LogP contribution is 2.21. The van der Waals surface area contributed by atoms with Crippen molar-refractivity contribution in [2.75, 3.05) is 18.8 Å². The van der Waals surface area contributed by atoms with Gasteiger partial charge in [0.1, 0.15) is 5.54 Å². The van der Waals surface area contributed by atoms with Crippen LogP contribution in [-0.2, 0) is 15.3 Å². The van der Waals surface area contributed by atoms with Gasteiger partial charge in [-0.15, -0.1) is 11.8 Å². The van der Waals surface area contributed by atoms with Gasteiger partial charge in [-0.2, -0.15) is 0 Å². The van der Waals surface area contributed by atoms with E-state index in [1.807, 2.05) is 24.3 Å². The van der Waals surface area contributed by atoms with Crippen molar-refractivity contribution in [3.05, 3.63) is 34.9 Å². The molecule has 0 spiro atoms. The van der Waals surface area contributed by atoms with Gasteiger partial charge >= 0.3 is 0 Å². The van der Waals surface area contributed by atoms with Gasteiger partial charge in [0.05, 0.1) is 5.75 Å². The molecule has 0 unspecified atom stereocenters. The van der Waals surface area contributed by atoms with Crippen LogP contribution in [0.4, 0.5) is 0 Å². The number of hydrogen-bond donors (Lipinski definition) is 1. The minimum atomic E-state index is -0.772. The molecule has 0 atom stereocenters. The number of carbonyl (C=O) groups excluding carboxylic acids is 2. The van der Waals surface area contributed by atoms with E-state index in [1.54, 1.807) is 18.7 Å². The third kappa shape index (κ3) is 3.92. The summed E-state index contributed by atoms with van der Waals surface area (Å²) in [5.74, 6) is 1.000. The standard InChI is InChI=1S/C15H19ClN2O2S/c1-15(2)14(20)17-6-7-18(15)13(19)10-21-9-11-4-3-5-12(16)8-11/h3-5,8H,6-7,9-10H2,1-2H3,(H,17,20). The quantitative estimate of drug-likeness (QED) is 0.923. The molecule has 0 bridgehead atoms. The Kier molecular flexibility index (Phi) is 5.17. The lowest BCUT2D eigenvalue weighted by molar-refractivity contribution is -0.147. The Morgan fingerprint density at radius 2 is 2.24 bits per heavy atom. The maximum absolute atomic E-state index is 12.3. The molecule has 1 aliphatic rings. The molecule has 21 heavy (non-hydrogen) atoms. The van der Waals surface area contributed by atoms with Crippen LogP contribution in [0.2, 0.25) is 5.02 Å². The summed E-state index contributed by atoms with van der Waals surface area (Å²) in [6, 6.07) is 7.62. The van der Waals surface area contributed by atoms with Crippen molar-refractivity contribution in [2.24, 2.45) is 0 Å². The molecule has 1 N–H and O–H groups in total. The van der Waals surface area contributed by atoms with Gasteiger partial charge in [-0.25, -0.2) is 0 Å². The minimum absolute atomic E-state index is 0.00174. The van der Waals surface area contributed by atoms with Crippen molar-refractivity contribution in [1.82, 2.24) is 10.2 Å². The smallest absolute Gasteiger partial charge is 0.245 e. The summed E-state index contributed by atoms with van der Waals surface area (Å²) in [6.07, 6.45) is 0. The van der Waals surface area contributed by atoms with Crippen LogP contribution < -0.4 is 5.32 Å². The van der Waals surface area contributed by atoms with Gasteiger partial charge in [-0.3, -0.25) is 9.59 Å². The largest absolute Gasteiger partial charge is 0.352 e. The Morgan fingerprint density at radius 1 is 1.48 bits per heavy atom. The molecule has 0 radical (unpaired) electrons. The zero-order valence-electron chi connectivity index (χ0n) is 12.2. The third-order valence-corrected chi connectivity index (χ3v) is 4.76. The Labute approximate surface area is 134 Å². The average Bonchev–Trinajstić information content (AvgIpc) is 2.41. The van der Waals surface area contributed by atoms with E-state index >= 15 is 0 Å². The summed E-state index contributed by atoms with van der Waals surface area (Å²) in [5.41, 5.74) is 0.322. The van der Waals surface area contributed by atoms with E-state index in [-0.39, 0.29) is 11.8 Å². The van der Waals surface area contributed by atoms with Gasteiger partial charge in [0.25, 0.3) is 0 Å². The van der Waals surface area contributed by atoms with Crippen LogP contribution in [0.3, 0.4) is 0 Å². The molecule has 0 aromatic heterocycles. The lowest BCUT2D eigenvalue weighted by Crippen LogP contribution is -2.63. The highest BCUT2D eigenvalue weighted by molar-refractivity contribution is 7.99. The second kappa shape index (κ2) is 6.71. The van der Waals surface area contributed by atoms with Gasteiger partial charge in [0.2, 0.25) is 11.8 Å². The summed E-state index contributed by atoms with van der Waals surface area (Å²) in [4.78, 5) is 25.8. The molecule has 1 aromatic carbocycles. The maximum Gasteiger partial charge on any atom is 0.245 e. The number of amides is 2. The van der Waals surface area contributed by atoms with Crippen LogP contribution >= 0.6 is 23.4 Å². The van der Waals surface area contributed by atoms with Gasteiger partial charge in [0.15, 0.2) is 0 Å². The summed E-state index contributed by atoms with van der Waals surface area (Å²) < 4.78 is 0. The zero-order chi connectivity index (χ0) is 15.5. The molecular weight excluding hydrogens is 308 g/mol. The van der Waals surface area contributed by atoms with E-state index in [0.29, 0.717) is 23.9 Å². The number of piperazine rings is 1. The van der Waals surface area contributed by atoms with Crippen LogP contribution in [-0.4, -0.2) is 41.1 Å². The third-order valence-electron chi connectivity index (χ3n) is 3.54. The lowest BCUT2D eigenvalue weighted by atomic mass is 9.99. The first-order chi connectivity index (χ1) is 9.91. The fourth-order valence-electron chi connectivity index (χ4n) is 2.30. The van der Waals surface area contributed by atoms with Gasteiger partial charge in [0, 0.05) is 23.9 Å². The van der Waals surface area contributed by atoms with Crippen LogP contribution in [0.1, 0.15) is 19.4 Å². The number of hydrogen-bond acceptors (Lipinski definition) is 3. The van der Waals surface area contributed by atoms with Crippen molar-refractivity contribution < 1.29 is 9.59 Å². The highest BCUT2D eigenvalue weighted by Gasteiger charge is 2.39. The molecule has 0 saturated carbocycles. The molecule has 6 heteroatoms. The lowest BCUT2D eigenvalue weighted by Gasteiger charge is -2.41. The summed E-state index contributed by atoms with van der Waals surface area (Å²) in [6.45, 7) is 4.64. The molecule has 4 nitrogen and oxygen atoms in total. The maximum atomic E-state index is 12.3. The molecule has 1 aliphatic heterocycles. The van der Waals surface area contributed by atoms with E-state index < -0.39 is 5.54 Å². The van der Waals surface area contributed by atoms with Crippen LogP contribution in [0.25, 0.3) is 0 Å². The molecule has 1 saturated heterocycles. The van der Waals surface area contributed by atoms with Crippen molar-refractivity contribution >= 4 is 35.2 Å². The predicted octanol–water partition coefficient (Wildman–Crippen LogP) is 2.31. The Bertz CT molecular complexity index is 548. The first-order valence-electron chi connectivity index (χ1n) is 6.82. The second-order valence-corrected chi connectivity index (χ2v) is 6.91. The van der Waals surface area contributed by atoms with Crippen LogP contribution in [0.15, 0.2) is 24.3 Å².